The number of carbonyl (C=O) groups excluding carboxylic acids is 1. The lowest BCUT2D eigenvalue weighted by Gasteiger charge is -2.04. The molecule has 21 heavy (non-hydrogen) atoms. The summed E-state index contributed by atoms with van der Waals surface area (Å²) in [4.78, 5) is 12.0. The van der Waals surface area contributed by atoms with Crippen LogP contribution >= 0.6 is 0 Å². The lowest BCUT2D eigenvalue weighted by molar-refractivity contribution is -0.684. The number of rotatable bonds is 3. The average molecular weight is 307 g/mol. The minimum atomic E-state index is -0.0838. The summed E-state index contributed by atoms with van der Waals surface area (Å²) >= 11 is 0. The maximum atomic E-state index is 12.0. The molecule has 1 aromatic carbocycles. The number of carbonyl (C=O) groups is 1. The number of fused-ring (bicyclic) bond motifs is 1. The van der Waals surface area contributed by atoms with Gasteiger partial charge in [0.25, 0.3) is 5.91 Å². The summed E-state index contributed by atoms with van der Waals surface area (Å²) in [7, 11) is 0. The number of amides is 1. The molecule has 0 spiro atoms. The largest absolute Gasteiger partial charge is 1.00 e. The summed E-state index contributed by atoms with van der Waals surface area (Å²) in [6.07, 6.45) is 3.80. The van der Waals surface area contributed by atoms with Crippen molar-refractivity contribution in [1.82, 2.24) is 0 Å². The summed E-state index contributed by atoms with van der Waals surface area (Å²) in [6, 6.07) is 9.26. The molecule has 0 saturated heterocycles. The highest BCUT2D eigenvalue weighted by molar-refractivity contribution is 5.90. The second-order valence-corrected chi connectivity index (χ2v) is 4.67. The second kappa shape index (κ2) is 6.45. The molecule has 6 heteroatoms. The summed E-state index contributed by atoms with van der Waals surface area (Å²) in [5.74, 6) is 1.28. The van der Waals surface area contributed by atoms with Crippen LogP contribution in [0.15, 0.2) is 42.7 Å². The summed E-state index contributed by atoms with van der Waals surface area (Å²) in [6.45, 7) is 2.49. The van der Waals surface area contributed by atoms with Gasteiger partial charge in [0.05, 0.1) is 0 Å². The Morgan fingerprint density at radius 3 is 2.90 bits per heavy atom. The summed E-state index contributed by atoms with van der Waals surface area (Å²) < 4.78 is 12.3. The van der Waals surface area contributed by atoms with Gasteiger partial charge in [-0.05, 0) is 25.1 Å². The SMILES string of the molecule is Cc1ccc[n+](CC(=O)Nc2ccc3c(c2)OCO3)c1.[Cl-]. The Morgan fingerprint density at radius 1 is 1.29 bits per heavy atom. The van der Waals surface area contributed by atoms with E-state index in [9.17, 15) is 4.79 Å². The lowest BCUT2D eigenvalue weighted by atomic mass is 10.2. The first-order chi connectivity index (χ1) is 9.70. The number of aryl methyl sites for hydroxylation is 1. The van der Waals surface area contributed by atoms with Gasteiger partial charge >= 0.3 is 0 Å². The lowest BCUT2D eigenvalue weighted by Crippen LogP contribution is -3.00. The molecule has 0 aliphatic carbocycles. The Kier molecular flexibility index (Phi) is 4.65. The van der Waals surface area contributed by atoms with Crippen molar-refractivity contribution < 1.29 is 31.2 Å². The zero-order valence-electron chi connectivity index (χ0n) is 11.5. The Hall–Kier alpha value is -2.27. The number of pyridine rings is 1. The maximum Gasteiger partial charge on any atom is 0.290 e. The first-order valence-corrected chi connectivity index (χ1v) is 6.36. The fourth-order valence-electron chi connectivity index (χ4n) is 2.09. The monoisotopic (exact) mass is 306 g/mol. The fourth-order valence-corrected chi connectivity index (χ4v) is 2.09. The molecule has 1 amide bonds. The van der Waals surface area contributed by atoms with Gasteiger partial charge in [0.2, 0.25) is 13.3 Å². The molecule has 0 unspecified atom stereocenters. The average Bonchev–Trinajstić information content (AvgIpc) is 2.86. The molecular weight excluding hydrogens is 292 g/mol. The molecule has 1 aromatic heterocycles. The molecule has 1 aliphatic rings. The topological polar surface area (TPSA) is 51.4 Å². The predicted molar refractivity (Wildman–Crippen MR) is 72.6 cm³/mol. The van der Waals surface area contributed by atoms with Gasteiger partial charge in [-0.15, -0.1) is 0 Å². The van der Waals surface area contributed by atoms with Crippen molar-refractivity contribution in [3.8, 4) is 11.5 Å². The third-order valence-corrected chi connectivity index (χ3v) is 2.99. The molecule has 0 radical (unpaired) electrons. The Labute approximate surface area is 128 Å². The highest BCUT2D eigenvalue weighted by Gasteiger charge is 2.15. The van der Waals surface area contributed by atoms with Crippen LogP contribution in [0.25, 0.3) is 0 Å². The van der Waals surface area contributed by atoms with Gasteiger partial charge in [0, 0.05) is 23.4 Å². The Bertz CT molecular complexity index is 661. The number of ether oxygens (including phenoxy) is 2. The van der Waals surface area contributed by atoms with Crippen LogP contribution in [-0.4, -0.2) is 12.7 Å². The molecule has 5 nitrogen and oxygen atoms in total. The normalized spacial score (nSPS) is 11.7. The third-order valence-electron chi connectivity index (χ3n) is 2.99. The van der Waals surface area contributed by atoms with Gasteiger partial charge < -0.3 is 27.2 Å². The van der Waals surface area contributed by atoms with E-state index in [4.69, 9.17) is 9.47 Å². The van der Waals surface area contributed by atoms with E-state index in [2.05, 4.69) is 5.32 Å². The van der Waals surface area contributed by atoms with E-state index >= 15 is 0 Å². The first kappa shape index (κ1) is 15.1. The molecule has 2 aromatic rings. The Balaban J connectivity index is 0.00000161. The van der Waals surface area contributed by atoms with E-state index in [1.165, 1.54) is 0 Å². The zero-order valence-corrected chi connectivity index (χ0v) is 12.3. The molecule has 1 aliphatic heterocycles. The molecular formula is C15H15ClN2O3. The van der Waals surface area contributed by atoms with Gasteiger partial charge in [0.1, 0.15) is 0 Å². The van der Waals surface area contributed by atoms with Crippen molar-refractivity contribution in [2.45, 2.75) is 13.5 Å². The standard InChI is InChI=1S/C15H14N2O3.ClH/c1-11-3-2-6-17(8-11)9-15(18)16-12-4-5-13-14(7-12)20-10-19-13;/h2-8H,9-10H2,1H3;1H. The van der Waals surface area contributed by atoms with E-state index < -0.39 is 0 Å². The van der Waals surface area contributed by atoms with Crippen LogP contribution in [0, 0.1) is 6.92 Å². The molecule has 3 rings (SSSR count). The number of hydrogen-bond donors (Lipinski definition) is 1. The van der Waals surface area contributed by atoms with Crippen molar-refractivity contribution in [1.29, 1.82) is 0 Å². The summed E-state index contributed by atoms with van der Waals surface area (Å²) in [5.41, 5.74) is 1.82. The third kappa shape index (κ3) is 3.64. The molecule has 0 fully saturated rings. The van der Waals surface area contributed by atoms with Crippen LogP contribution in [0.1, 0.15) is 5.56 Å². The minimum Gasteiger partial charge on any atom is -1.00 e. The van der Waals surface area contributed by atoms with E-state index in [1.807, 2.05) is 36.0 Å². The van der Waals surface area contributed by atoms with Crippen molar-refractivity contribution in [2.24, 2.45) is 0 Å². The smallest absolute Gasteiger partial charge is 0.290 e. The summed E-state index contributed by atoms with van der Waals surface area (Å²) in [5, 5.41) is 2.84. The van der Waals surface area contributed by atoms with Gasteiger partial charge in [-0.1, -0.05) is 0 Å². The van der Waals surface area contributed by atoms with Crippen molar-refractivity contribution >= 4 is 11.6 Å². The van der Waals surface area contributed by atoms with Crippen LogP contribution in [-0.2, 0) is 11.3 Å². The molecule has 110 valence electrons. The second-order valence-electron chi connectivity index (χ2n) is 4.67. The number of anilines is 1. The van der Waals surface area contributed by atoms with Gasteiger partial charge in [-0.3, -0.25) is 4.79 Å². The number of nitrogens with zero attached hydrogens (tertiary/aromatic N) is 1. The molecule has 1 N–H and O–H groups in total. The number of aromatic nitrogens is 1. The fraction of sp³-hybridized carbons (Fsp3) is 0.200. The van der Waals surface area contributed by atoms with E-state index in [-0.39, 0.29) is 31.7 Å². The molecule has 0 bridgehead atoms. The van der Waals surface area contributed by atoms with Crippen LogP contribution in [0.3, 0.4) is 0 Å². The number of benzene rings is 1. The molecule has 2 heterocycles. The molecule has 0 atom stereocenters. The molecule has 0 saturated carbocycles. The van der Waals surface area contributed by atoms with Crippen LogP contribution in [0.4, 0.5) is 5.69 Å². The predicted octanol–water partition coefficient (Wildman–Crippen LogP) is -1.35. The maximum absolute atomic E-state index is 12.0. The van der Waals surface area contributed by atoms with Crippen LogP contribution < -0.4 is 31.8 Å². The van der Waals surface area contributed by atoms with E-state index in [0.717, 1.165) is 5.56 Å². The number of hydrogen-bond acceptors (Lipinski definition) is 3. The van der Waals surface area contributed by atoms with E-state index in [1.54, 1.807) is 18.2 Å². The van der Waals surface area contributed by atoms with Crippen molar-refractivity contribution in [3.63, 3.8) is 0 Å². The van der Waals surface area contributed by atoms with Crippen molar-refractivity contribution in [3.05, 3.63) is 48.3 Å². The number of halogens is 1. The Morgan fingerprint density at radius 2 is 2.10 bits per heavy atom. The minimum absolute atomic E-state index is 0. The zero-order chi connectivity index (χ0) is 13.9. The van der Waals surface area contributed by atoms with Gasteiger partial charge in [0.15, 0.2) is 23.9 Å². The van der Waals surface area contributed by atoms with Gasteiger partial charge in [-0.25, -0.2) is 0 Å². The van der Waals surface area contributed by atoms with Crippen LogP contribution in [0.5, 0.6) is 11.5 Å². The van der Waals surface area contributed by atoms with Crippen molar-refractivity contribution in [2.75, 3.05) is 12.1 Å². The quantitative estimate of drug-likeness (QED) is 0.714. The highest BCUT2D eigenvalue weighted by Crippen LogP contribution is 2.34. The van der Waals surface area contributed by atoms with Crippen LogP contribution in [0.2, 0.25) is 0 Å². The van der Waals surface area contributed by atoms with E-state index in [0.29, 0.717) is 17.2 Å². The highest BCUT2D eigenvalue weighted by atomic mass is 35.5. The van der Waals surface area contributed by atoms with Gasteiger partial charge in [-0.2, -0.15) is 4.57 Å². The number of nitrogens with one attached hydrogen (secondary N) is 1. The first-order valence-electron chi connectivity index (χ1n) is 6.36.